The van der Waals surface area contributed by atoms with Gasteiger partial charge in [-0.05, 0) is 42.8 Å². The summed E-state index contributed by atoms with van der Waals surface area (Å²) in [7, 11) is 3.33. The third kappa shape index (κ3) is 4.68. The maximum absolute atomic E-state index is 12.5. The quantitative estimate of drug-likeness (QED) is 0.704. The average molecular weight is 390 g/mol. The van der Waals surface area contributed by atoms with Crippen LogP contribution in [0.1, 0.15) is 28.4 Å². The molecule has 0 radical (unpaired) electrons. The summed E-state index contributed by atoms with van der Waals surface area (Å²) in [5.74, 6) is 0.553. The predicted octanol–water partition coefficient (Wildman–Crippen LogP) is 3.86. The van der Waals surface area contributed by atoms with Gasteiger partial charge in [-0.3, -0.25) is 9.59 Å². The zero-order valence-corrected chi connectivity index (χ0v) is 15.6. The summed E-state index contributed by atoms with van der Waals surface area (Å²) >= 11 is 3.40. The van der Waals surface area contributed by atoms with Gasteiger partial charge in [0.05, 0.1) is 13.5 Å². The van der Waals surface area contributed by atoms with E-state index in [1.54, 1.807) is 37.3 Å². The van der Waals surface area contributed by atoms with Crippen molar-refractivity contribution >= 4 is 27.6 Å². The van der Waals surface area contributed by atoms with E-state index in [4.69, 9.17) is 4.74 Å². The number of hydrogen-bond acceptors (Lipinski definition) is 3. The first-order chi connectivity index (χ1) is 11.4. The molecular weight excluding hydrogens is 370 g/mol. The average Bonchev–Trinajstić information content (AvgIpc) is 2.56. The van der Waals surface area contributed by atoms with Gasteiger partial charge in [0.2, 0.25) is 5.91 Å². The van der Waals surface area contributed by atoms with E-state index in [1.165, 1.54) is 6.92 Å². The normalized spacial score (nSPS) is 10.3. The van der Waals surface area contributed by atoms with Crippen LogP contribution in [-0.2, 0) is 17.8 Å². The van der Waals surface area contributed by atoms with Gasteiger partial charge in [-0.25, -0.2) is 0 Å². The number of amides is 1. The van der Waals surface area contributed by atoms with Crippen molar-refractivity contribution in [1.29, 1.82) is 0 Å². The van der Waals surface area contributed by atoms with E-state index < -0.39 is 0 Å². The van der Waals surface area contributed by atoms with Crippen molar-refractivity contribution in [2.24, 2.45) is 0 Å². The van der Waals surface area contributed by atoms with Gasteiger partial charge in [-0.15, -0.1) is 0 Å². The molecule has 5 heteroatoms. The first-order valence-corrected chi connectivity index (χ1v) is 8.36. The summed E-state index contributed by atoms with van der Waals surface area (Å²) in [4.78, 5) is 25.7. The molecule has 2 aromatic rings. The van der Waals surface area contributed by atoms with Crippen molar-refractivity contribution in [3.05, 3.63) is 63.6 Å². The lowest BCUT2D eigenvalue weighted by atomic mass is 10.0. The molecule has 24 heavy (non-hydrogen) atoms. The van der Waals surface area contributed by atoms with E-state index in [1.807, 2.05) is 24.3 Å². The Morgan fingerprint density at radius 3 is 2.38 bits per heavy atom. The number of carbonyl (C=O) groups is 2. The molecular formula is C19H20BrNO3. The second kappa shape index (κ2) is 8.11. The van der Waals surface area contributed by atoms with Crippen LogP contribution in [0.2, 0.25) is 0 Å². The topological polar surface area (TPSA) is 46.6 Å². The number of halogens is 1. The second-order valence-corrected chi connectivity index (χ2v) is 6.55. The van der Waals surface area contributed by atoms with Crippen molar-refractivity contribution in [2.75, 3.05) is 14.2 Å². The fraction of sp³-hybridized carbons (Fsp3) is 0.263. The smallest absolute Gasteiger partial charge is 0.227 e. The number of nitrogens with zero attached hydrogens (tertiary/aromatic N) is 1. The fourth-order valence-corrected chi connectivity index (χ4v) is 2.65. The van der Waals surface area contributed by atoms with Crippen LogP contribution in [0, 0.1) is 0 Å². The Kier molecular flexibility index (Phi) is 6.15. The molecule has 0 fully saturated rings. The monoisotopic (exact) mass is 389 g/mol. The fourth-order valence-electron chi connectivity index (χ4n) is 2.39. The number of ether oxygens (including phenoxy) is 1. The summed E-state index contributed by atoms with van der Waals surface area (Å²) in [5, 5.41) is 0. The first-order valence-electron chi connectivity index (χ1n) is 7.57. The molecule has 0 saturated heterocycles. The molecule has 0 N–H and O–H groups in total. The largest absolute Gasteiger partial charge is 0.496 e. The molecule has 0 aromatic heterocycles. The second-order valence-electron chi connectivity index (χ2n) is 5.64. The van der Waals surface area contributed by atoms with Gasteiger partial charge < -0.3 is 9.64 Å². The van der Waals surface area contributed by atoms with Crippen LogP contribution in [0.25, 0.3) is 0 Å². The molecule has 2 aromatic carbocycles. The van der Waals surface area contributed by atoms with E-state index in [2.05, 4.69) is 15.9 Å². The van der Waals surface area contributed by atoms with Crippen LogP contribution in [0.4, 0.5) is 0 Å². The van der Waals surface area contributed by atoms with Gasteiger partial charge >= 0.3 is 0 Å². The summed E-state index contributed by atoms with van der Waals surface area (Å²) in [6.45, 7) is 2.04. The number of likely N-dealkylation sites (N-methyl/N-ethyl adjacent to an activating group) is 1. The van der Waals surface area contributed by atoms with Crippen LogP contribution in [0.5, 0.6) is 5.75 Å². The molecule has 0 atom stereocenters. The molecule has 0 aliphatic rings. The van der Waals surface area contributed by atoms with Crippen molar-refractivity contribution < 1.29 is 14.3 Å². The predicted molar refractivity (Wildman–Crippen MR) is 97.3 cm³/mol. The summed E-state index contributed by atoms with van der Waals surface area (Å²) in [5.41, 5.74) is 2.35. The van der Waals surface area contributed by atoms with Crippen LogP contribution in [0.3, 0.4) is 0 Å². The molecule has 126 valence electrons. The highest BCUT2D eigenvalue weighted by molar-refractivity contribution is 9.10. The van der Waals surface area contributed by atoms with Crippen molar-refractivity contribution in [1.82, 2.24) is 4.90 Å². The van der Waals surface area contributed by atoms with Gasteiger partial charge in [-0.2, -0.15) is 0 Å². The molecule has 0 saturated carbocycles. The van der Waals surface area contributed by atoms with Gasteiger partial charge in [-0.1, -0.05) is 28.1 Å². The molecule has 0 aliphatic heterocycles. The van der Waals surface area contributed by atoms with E-state index in [-0.39, 0.29) is 18.1 Å². The minimum atomic E-state index is -0.0328. The van der Waals surface area contributed by atoms with Crippen molar-refractivity contribution in [3.63, 3.8) is 0 Å². The lowest BCUT2D eigenvalue weighted by Crippen LogP contribution is -2.27. The standard InChI is InChI=1S/C19H20BrNO3/c1-13(22)15-6-9-18(24-3)16(10-15)11-19(23)21(2)12-14-4-7-17(20)8-5-14/h4-10H,11-12H2,1-3H3. The maximum atomic E-state index is 12.5. The third-order valence-corrected chi connectivity index (χ3v) is 4.32. The molecule has 1 amide bonds. The third-order valence-electron chi connectivity index (χ3n) is 3.79. The Morgan fingerprint density at radius 2 is 1.79 bits per heavy atom. The Hall–Kier alpha value is -2.14. The highest BCUT2D eigenvalue weighted by atomic mass is 79.9. The number of hydrogen-bond donors (Lipinski definition) is 0. The lowest BCUT2D eigenvalue weighted by molar-refractivity contribution is -0.129. The first kappa shape index (κ1) is 18.2. The summed E-state index contributed by atoms with van der Waals surface area (Å²) < 4.78 is 6.31. The highest BCUT2D eigenvalue weighted by Crippen LogP contribution is 2.22. The van der Waals surface area contributed by atoms with E-state index >= 15 is 0 Å². The molecule has 2 rings (SSSR count). The molecule has 0 spiro atoms. The maximum Gasteiger partial charge on any atom is 0.227 e. The number of rotatable bonds is 6. The Morgan fingerprint density at radius 1 is 1.12 bits per heavy atom. The number of methoxy groups -OCH3 is 1. The highest BCUT2D eigenvalue weighted by Gasteiger charge is 2.15. The minimum Gasteiger partial charge on any atom is -0.496 e. The Labute approximate surface area is 150 Å². The minimum absolute atomic E-state index is 0.0306. The van der Waals surface area contributed by atoms with Crippen molar-refractivity contribution in [3.8, 4) is 5.75 Å². The Bertz CT molecular complexity index is 741. The summed E-state index contributed by atoms with van der Waals surface area (Å²) in [6.07, 6.45) is 0.192. The SMILES string of the molecule is COc1ccc(C(C)=O)cc1CC(=O)N(C)Cc1ccc(Br)cc1. The van der Waals surface area contributed by atoms with E-state index in [9.17, 15) is 9.59 Å². The van der Waals surface area contributed by atoms with E-state index in [0.29, 0.717) is 17.9 Å². The number of ketones is 1. The molecule has 0 bridgehead atoms. The number of carbonyl (C=O) groups excluding carboxylic acids is 2. The lowest BCUT2D eigenvalue weighted by Gasteiger charge is -2.18. The zero-order chi connectivity index (χ0) is 17.7. The zero-order valence-electron chi connectivity index (χ0n) is 14.0. The van der Waals surface area contributed by atoms with Gasteiger partial charge in [0.1, 0.15) is 5.75 Å². The van der Waals surface area contributed by atoms with Crippen LogP contribution >= 0.6 is 15.9 Å². The number of benzene rings is 2. The Balaban J connectivity index is 2.11. The number of Topliss-reactive ketones (excluding diaryl/α,β-unsaturated/α-hetero) is 1. The van der Waals surface area contributed by atoms with Crippen molar-refractivity contribution in [2.45, 2.75) is 19.9 Å². The molecule has 0 aliphatic carbocycles. The van der Waals surface area contributed by atoms with Gasteiger partial charge in [0.15, 0.2) is 5.78 Å². The molecule has 4 nitrogen and oxygen atoms in total. The van der Waals surface area contributed by atoms with Crippen LogP contribution < -0.4 is 4.74 Å². The summed E-state index contributed by atoms with van der Waals surface area (Å²) in [6, 6.07) is 13.0. The van der Waals surface area contributed by atoms with Crippen LogP contribution in [-0.4, -0.2) is 30.7 Å². The molecule has 0 unspecified atom stereocenters. The van der Waals surface area contributed by atoms with Crippen LogP contribution in [0.15, 0.2) is 46.9 Å². The van der Waals surface area contributed by atoms with E-state index in [0.717, 1.165) is 15.6 Å². The van der Waals surface area contributed by atoms with Gasteiger partial charge in [0, 0.05) is 29.2 Å². The van der Waals surface area contributed by atoms with Gasteiger partial charge in [0.25, 0.3) is 0 Å². The molecule has 0 heterocycles.